The number of carbonyl (C=O) groups is 1. The van der Waals surface area contributed by atoms with Crippen LogP contribution in [0.25, 0.3) is 0 Å². The molecule has 0 saturated heterocycles. The van der Waals surface area contributed by atoms with Gasteiger partial charge in [-0.15, -0.1) is 0 Å². The van der Waals surface area contributed by atoms with E-state index in [4.69, 9.17) is 16.3 Å². The minimum atomic E-state index is -0.604. The highest BCUT2D eigenvalue weighted by Crippen LogP contribution is 2.26. The normalized spacial score (nSPS) is 10.2. The molecule has 0 saturated carbocycles. The van der Waals surface area contributed by atoms with Crippen molar-refractivity contribution in [2.24, 2.45) is 0 Å². The number of halogens is 2. The average Bonchev–Trinajstić information content (AvgIpc) is 2.59. The molecular formula is C17H12BrClN3O2+. The summed E-state index contributed by atoms with van der Waals surface area (Å²) in [6.07, 6.45) is 4.30. The molecule has 7 heteroatoms. The largest absolute Gasteiger partial charge is 0.475 e. The number of hydrogen-bond acceptors (Lipinski definition) is 3. The highest BCUT2D eigenvalue weighted by molar-refractivity contribution is 9.10. The second kappa shape index (κ2) is 7.42. The second-order valence-electron chi connectivity index (χ2n) is 4.71. The molecule has 0 aliphatic carbocycles. The summed E-state index contributed by atoms with van der Waals surface area (Å²) >= 11 is 9.33. The fourth-order valence-electron chi connectivity index (χ4n) is 2.01. The number of benzene rings is 1. The first-order valence-corrected chi connectivity index (χ1v) is 8.17. The van der Waals surface area contributed by atoms with Gasteiger partial charge < -0.3 is 4.74 Å². The van der Waals surface area contributed by atoms with Crippen molar-refractivity contribution in [3.63, 3.8) is 0 Å². The highest BCUT2D eigenvalue weighted by Gasteiger charge is 2.30. The fourth-order valence-corrected chi connectivity index (χ4v) is 2.82. The van der Waals surface area contributed by atoms with E-state index < -0.39 is 6.09 Å². The topological polar surface area (TPSA) is 46.3 Å². The van der Waals surface area contributed by atoms with E-state index >= 15 is 0 Å². The predicted octanol–water partition coefficient (Wildman–Crippen LogP) is 4.25. The summed E-state index contributed by atoms with van der Waals surface area (Å²) in [4.78, 5) is 17.0. The molecule has 0 aliphatic heterocycles. The predicted molar refractivity (Wildman–Crippen MR) is 93.9 cm³/mol. The highest BCUT2D eigenvalue weighted by atomic mass is 79.9. The van der Waals surface area contributed by atoms with Gasteiger partial charge >= 0.3 is 6.09 Å². The van der Waals surface area contributed by atoms with Crippen LogP contribution >= 0.6 is 27.5 Å². The summed E-state index contributed by atoms with van der Waals surface area (Å²) in [5, 5.41) is 1.76. The zero-order valence-corrected chi connectivity index (χ0v) is 14.7. The molecule has 5 nitrogen and oxygen atoms in total. The van der Waals surface area contributed by atoms with Gasteiger partial charge in [0.1, 0.15) is 5.75 Å². The number of anilines is 1. The molecule has 3 aromatic rings. The number of amides is 1. The number of aromatic nitrogens is 2. The van der Waals surface area contributed by atoms with Crippen LogP contribution in [0.2, 0.25) is 5.02 Å². The number of nitrogens with zero attached hydrogens (tertiary/aromatic N) is 3. The Balaban J connectivity index is 2.01. The number of carbonyl (C=O) groups excluding carboxylic acids is 1. The van der Waals surface area contributed by atoms with Gasteiger partial charge in [0.25, 0.3) is 0 Å². The van der Waals surface area contributed by atoms with Crippen LogP contribution in [0.15, 0.2) is 77.7 Å². The van der Waals surface area contributed by atoms with Crippen LogP contribution in [0.3, 0.4) is 0 Å². The Morgan fingerprint density at radius 1 is 1.12 bits per heavy atom. The van der Waals surface area contributed by atoms with Crippen molar-refractivity contribution >= 4 is 39.4 Å². The molecule has 2 aromatic heterocycles. The van der Waals surface area contributed by atoms with Gasteiger partial charge in [-0.05, 0) is 39.1 Å². The van der Waals surface area contributed by atoms with Gasteiger partial charge in [0, 0.05) is 18.3 Å². The van der Waals surface area contributed by atoms with E-state index in [9.17, 15) is 4.79 Å². The minimum Gasteiger partial charge on any atom is -0.406 e. The molecule has 0 atom stereocenters. The van der Waals surface area contributed by atoms with Gasteiger partial charge in [-0.1, -0.05) is 40.5 Å². The monoisotopic (exact) mass is 404 g/mol. The van der Waals surface area contributed by atoms with Crippen molar-refractivity contribution in [1.82, 2.24) is 4.98 Å². The molecule has 24 heavy (non-hydrogen) atoms. The maximum Gasteiger partial charge on any atom is 0.475 e. The zero-order valence-electron chi connectivity index (χ0n) is 12.3. The third kappa shape index (κ3) is 3.72. The minimum absolute atomic E-state index is 0.358. The molecule has 0 unspecified atom stereocenters. The van der Waals surface area contributed by atoms with Crippen LogP contribution in [0.1, 0.15) is 0 Å². The molecule has 0 bridgehead atoms. The lowest BCUT2D eigenvalue weighted by atomic mass is 10.3. The Labute approximate surface area is 152 Å². The van der Waals surface area contributed by atoms with Crippen molar-refractivity contribution < 1.29 is 14.2 Å². The van der Waals surface area contributed by atoms with E-state index in [1.807, 2.05) is 12.1 Å². The molecule has 2 heterocycles. The van der Waals surface area contributed by atoms with Crippen molar-refractivity contribution in [1.29, 1.82) is 0 Å². The lowest BCUT2D eigenvalue weighted by Crippen LogP contribution is -2.58. The Hall–Kier alpha value is -2.44. The summed E-state index contributed by atoms with van der Waals surface area (Å²) in [5.74, 6) is 0.797. The molecule has 0 aliphatic rings. The first-order valence-electron chi connectivity index (χ1n) is 7.00. The second-order valence-corrected chi connectivity index (χ2v) is 6.00. The zero-order chi connectivity index (χ0) is 16.9. The summed E-state index contributed by atoms with van der Waals surface area (Å²) < 4.78 is 7.58. The van der Waals surface area contributed by atoms with E-state index in [1.54, 1.807) is 59.5 Å². The van der Waals surface area contributed by atoms with Gasteiger partial charge in [0.2, 0.25) is 18.2 Å². The fraction of sp³-hybridized carbons (Fsp3) is 0. The third-order valence-electron chi connectivity index (χ3n) is 3.04. The Morgan fingerprint density at radius 2 is 1.79 bits per heavy atom. The van der Waals surface area contributed by atoms with Gasteiger partial charge in [-0.3, -0.25) is 0 Å². The van der Waals surface area contributed by atoms with E-state index in [2.05, 4.69) is 20.9 Å². The van der Waals surface area contributed by atoms with Crippen LogP contribution in [-0.4, -0.2) is 11.1 Å². The van der Waals surface area contributed by atoms with Gasteiger partial charge in [-0.25, -0.2) is 9.78 Å². The number of hydrogen-bond donors (Lipinski definition) is 0. The van der Waals surface area contributed by atoms with Crippen molar-refractivity contribution in [3.05, 3.63) is 82.7 Å². The Bertz CT molecular complexity index is 847. The quantitative estimate of drug-likeness (QED) is 0.612. The first kappa shape index (κ1) is 16.4. The maximum absolute atomic E-state index is 12.7. The van der Waals surface area contributed by atoms with Crippen molar-refractivity contribution in [3.8, 4) is 5.75 Å². The van der Waals surface area contributed by atoms with Crippen LogP contribution in [0.4, 0.5) is 10.6 Å². The smallest absolute Gasteiger partial charge is 0.406 e. The molecule has 0 N–H and O–H groups in total. The maximum atomic E-state index is 12.7. The van der Waals surface area contributed by atoms with E-state index in [0.717, 1.165) is 0 Å². The molecule has 0 spiro atoms. The Kier molecular flexibility index (Phi) is 5.08. The summed E-state index contributed by atoms with van der Waals surface area (Å²) in [6.45, 7) is 0. The summed E-state index contributed by atoms with van der Waals surface area (Å²) in [6, 6.07) is 15.9. The van der Waals surface area contributed by atoms with Crippen LogP contribution < -0.4 is 14.4 Å². The molecule has 120 valence electrons. The van der Waals surface area contributed by atoms with E-state index in [1.165, 1.54) is 11.2 Å². The van der Waals surface area contributed by atoms with E-state index in [-0.39, 0.29) is 0 Å². The standard InChI is InChI=1S/C17H12BrClN3O2/c18-15-11-13(19)12-20-16(15)22(21-9-5-2-6-10-21)17(23)24-14-7-3-1-4-8-14/h1-12H/q+1. The van der Waals surface area contributed by atoms with Crippen molar-refractivity contribution in [2.75, 3.05) is 5.01 Å². The molecule has 1 amide bonds. The number of pyridine rings is 2. The SMILES string of the molecule is O=C(Oc1ccccc1)N(c1ncc(Cl)cc1Br)[n+]1ccccc1. The number of para-hydroxylation sites is 1. The number of ether oxygens (including phenoxy) is 1. The Morgan fingerprint density at radius 3 is 2.46 bits per heavy atom. The van der Waals surface area contributed by atoms with Crippen LogP contribution in [-0.2, 0) is 0 Å². The van der Waals surface area contributed by atoms with Gasteiger partial charge in [-0.2, -0.15) is 0 Å². The molecule has 3 rings (SSSR count). The molecule has 0 radical (unpaired) electrons. The first-order chi connectivity index (χ1) is 11.6. The lowest BCUT2D eigenvalue weighted by Gasteiger charge is -2.15. The van der Waals surface area contributed by atoms with E-state index in [0.29, 0.717) is 21.1 Å². The molecule has 1 aromatic carbocycles. The summed E-state index contributed by atoms with van der Waals surface area (Å²) in [5.41, 5.74) is 0. The van der Waals surface area contributed by atoms with Crippen LogP contribution in [0, 0.1) is 0 Å². The third-order valence-corrected chi connectivity index (χ3v) is 3.83. The molecule has 0 fully saturated rings. The number of rotatable bonds is 3. The summed E-state index contributed by atoms with van der Waals surface area (Å²) in [7, 11) is 0. The van der Waals surface area contributed by atoms with Crippen molar-refractivity contribution in [2.45, 2.75) is 0 Å². The van der Waals surface area contributed by atoms with Crippen LogP contribution in [0.5, 0.6) is 5.75 Å². The lowest BCUT2D eigenvalue weighted by molar-refractivity contribution is -0.675. The molecular weight excluding hydrogens is 394 g/mol. The van der Waals surface area contributed by atoms with Gasteiger partial charge in [0.05, 0.1) is 9.50 Å². The van der Waals surface area contributed by atoms with Gasteiger partial charge in [0.15, 0.2) is 0 Å². The average molecular weight is 406 g/mol.